The van der Waals surface area contributed by atoms with Crippen molar-refractivity contribution >= 4 is 0 Å². The van der Waals surface area contributed by atoms with E-state index in [9.17, 15) is 0 Å². The zero-order valence-corrected chi connectivity index (χ0v) is 7.77. The highest BCUT2D eigenvalue weighted by Gasteiger charge is 2.19. The summed E-state index contributed by atoms with van der Waals surface area (Å²) < 4.78 is 0. The van der Waals surface area contributed by atoms with Crippen LogP contribution in [-0.4, -0.2) is 37.6 Å². The predicted molar refractivity (Wildman–Crippen MR) is 48.8 cm³/mol. The van der Waals surface area contributed by atoms with E-state index in [1.54, 1.807) is 0 Å². The van der Waals surface area contributed by atoms with Gasteiger partial charge in [0.15, 0.2) is 0 Å². The fourth-order valence-electron chi connectivity index (χ4n) is 1.72. The van der Waals surface area contributed by atoms with Crippen molar-refractivity contribution in [3.8, 4) is 0 Å². The second-order valence-corrected chi connectivity index (χ2v) is 3.36. The van der Waals surface area contributed by atoms with Gasteiger partial charge >= 0.3 is 0 Å². The molecule has 1 N–H and O–H groups in total. The molecule has 1 aliphatic rings. The maximum Gasteiger partial charge on any atom is 0.00222 e. The molecule has 0 radical (unpaired) electrons. The molecule has 0 spiro atoms. The summed E-state index contributed by atoms with van der Waals surface area (Å²) in [6.07, 6.45) is 1.39. The van der Waals surface area contributed by atoms with Crippen LogP contribution >= 0.6 is 0 Å². The lowest BCUT2D eigenvalue weighted by atomic mass is 10.1. The van der Waals surface area contributed by atoms with Crippen molar-refractivity contribution in [1.29, 1.82) is 0 Å². The average Bonchev–Trinajstić information content (AvgIpc) is 2.48. The van der Waals surface area contributed by atoms with E-state index in [4.69, 9.17) is 0 Å². The van der Waals surface area contributed by atoms with Gasteiger partial charge in [0, 0.05) is 6.54 Å². The first-order chi connectivity index (χ1) is 5.36. The van der Waals surface area contributed by atoms with Crippen LogP contribution in [0.5, 0.6) is 0 Å². The molecule has 0 bridgehead atoms. The van der Waals surface area contributed by atoms with E-state index in [1.807, 2.05) is 0 Å². The molecule has 1 atom stereocenters. The molecule has 0 aromatic carbocycles. The summed E-state index contributed by atoms with van der Waals surface area (Å²) in [6, 6.07) is 0. The van der Waals surface area contributed by atoms with Crippen molar-refractivity contribution in [1.82, 2.24) is 10.2 Å². The van der Waals surface area contributed by atoms with Gasteiger partial charge in [-0.1, -0.05) is 13.8 Å². The van der Waals surface area contributed by atoms with Crippen LogP contribution in [0.1, 0.15) is 20.3 Å². The quantitative estimate of drug-likeness (QED) is 0.651. The first kappa shape index (κ1) is 9.01. The Labute approximate surface area is 70.0 Å². The van der Waals surface area contributed by atoms with Crippen LogP contribution in [0.25, 0.3) is 0 Å². The summed E-state index contributed by atoms with van der Waals surface area (Å²) >= 11 is 0. The molecule has 1 aliphatic heterocycles. The Morgan fingerprint density at radius 3 is 2.82 bits per heavy atom. The Bertz CT molecular complexity index is 104. The lowest BCUT2D eigenvalue weighted by molar-refractivity contribution is 0.339. The van der Waals surface area contributed by atoms with E-state index in [0.29, 0.717) is 0 Å². The van der Waals surface area contributed by atoms with E-state index in [-0.39, 0.29) is 0 Å². The van der Waals surface area contributed by atoms with Crippen molar-refractivity contribution < 1.29 is 0 Å². The second kappa shape index (κ2) is 4.73. The Morgan fingerprint density at radius 1 is 1.45 bits per heavy atom. The lowest BCUT2D eigenvalue weighted by Gasteiger charge is -2.12. The summed E-state index contributed by atoms with van der Waals surface area (Å²) in [6.45, 7) is 10.6. The summed E-state index contributed by atoms with van der Waals surface area (Å²) in [4.78, 5) is 2.53. The number of likely N-dealkylation sites (tertiary alicyclic amines) is 1. The number of nitrogens with zero attached hydrogens (tertiary/aromatic N) is 1. The van der Waals surface area contributed by atoms with Gasteiger partial charge in [0.25, 0.3) is 0 Å². The molecular formula is C9H20N2. The molecule has 1 heterocycles. The van der Waals surface area contributed by atoms with Crippen molar-refractivity contribution in [2.24, 2.45) is 5.92 Å². The van der Waals surface area contributed by atoms with Crippen LogP contribution in [0.15, 0.2) is 0 Å². The fourth-order valence-corrected chi connectivity index (χ4v) is 1.72. The maximum atomic E-state index is 3.41. The van der Waals surface area contributed by atoms with Gasteiger partial charge in [-0.25, -0.2) is 0 Å². The lowest BCUT2D eigenvalue weighted by Crippen LogP contribution is -2.26. The number of nitrogens with one attached hydrogen (secondary N) is 1. The number of hydrogen-bond acceptors (Lipinski definition) is 2. The van der Waals surface area contributed by atoms with Crippen molar-refractivity contribution in [2.45, 2.75) is 20.3 Å². The van der Waals surface area contributed by atoms with E-state index in [2.05, 4.69) is 24.1 Å². The Kier molecular flexibility index (Phi) is 3.87. The van der Waals surface area contributed by atoms with Crippen LogP contribution in [-0.2, 0) is 0 Å². The molecule has 0 aromatic heterocycles. The van der Waals surface area contributed by atoms with Crippen molar-refractivity contribution in [3.63, 3.8) is 0 Å². The summed E-state index contributed by atoms with van der Waals surface area (Å²) in [5, 5.41) is 3.41. The minimum atomic E-state index is 0.912. The van der Waals surface area contributed by atoms with Gasteiger partial charge in [-0.2, -0.15) is 0 Å². The van der Waals surface area contributed by atoms with Crippen molar-refractivity contribution in [2.75, 3.05) is 32.7 Å². The molecule has 0 unspecified atom stereocenters. The standard InChI is InChI=1S/C9H20N2/c1-3-10-7-9-5-6-11(4-2)8-9/h9-10H,3-8H2,1-2H3/t9-/m0/s1. The van der Waals surface area contributed by atoms with Crippen molar-refractivity contribution in [3.05, 3.63) is 0 Å². The van der Waals surface area contributed by atoms with Gasteiger partial charge in [0.05, 0.1) is 0 Å². The Hall–Kier alpha value is -0.0800. The minimum Gasteiger partial charge on any atom is -0.317 e. The molecule has 1 saturated heterocycles. The highest BCUT2D eigenvalue weighted by atomic mass is 15.1. The van der Waals surface area contributed by atoms with Gasteiger partial charge in [-0.15, -0.1) is 0 Å². The molecule has 11 heavy (non-hydrogen) atoms. The predicted octanol–water partition coefficient (Wildman–Crippen LogP) is 0.938. The van der Waals surface area contributed by atoms with Gasteiger partial charge in [-0.3, -0.25) is 0 Å². The third kappa shape index (κ3) is 2.80. The molecule has 2 nitrogen and oxygen atoms in total. The minimum absolute atomic E-state index is 0.912. The monoisotopic (exact) mass is 156 g/mol. The fraction of sp³-hybridized carbons (Fsp3) is 1.00. The molecule has 1 rings (SSSR count). The van der Waals surface area contributed by atoms with Crippen LogP contribution in [0, 0.1) is 5.92 Å². The molecule has 0 saturated carbocycles. The third-order valence-corrected chi connectivity index (χ3v) is 2.50. The topological polar surface area (TPSA) is 15.3 Å². The van der Waals surface area contributed by atoms with Gasteiger partial charge < -0.3 is 10.2 Å². The second-order valence-electron chi connectivity index (χ2n) is 3.36. The van der Waals surface area contributed by atoms with Crippen LogP contribution in [0.2, 0.25) is 0 Å². The average molecular weight is 156 g/mol. The number of rotatable bonds is 4. The zero-order valence-electron chi connectivity index (χ0n) is 7.77. The summed E-state index contributed by atoms with van der Waals surface area (Å²) in [5.41, 5.74) is 0. The van der Waals surface area contributed by atoms with E-state index < -0.39 is 0 Å². The van der Waals surface area contributed by atoms with Crippen LogP contribution in [0.4, 0.5) is 0 Å². The van der Waals surface area contributed by atoms with Crippen LogP contribution < -0.4 is 5.32 Å². The van der Waals surface area contributed by atoms with Gasteiger partial charge in [0.1, 0.15) is 0 Å². The molecule has 0 amide bonds. The molecule has 0 aromatic rings. The Morgan fingerprint density at radius 2 is 2.27 bits per heavy atom. The molecular weight excluding hydrogens is 136 g/mol. The summed E-state index contributed by atoms with van der Waals surface area (Å²) in [7, 11) is 0. The van der Waals surface area contributed by atoms with Gasteiger partial charge in [-0.05, 0) is 38.5 Å². The van der Waals surface area contributed by atoms with E-state index in [0.717, 1.165) is 12.5 Å². The third-order valence-electron chi connectivity index (χ3n) is 2.50. The normalized spacial score (nSPS) is 26.2. The Balaban J connectivity index is 2.09. The molecule has 0 aliphatic carbocycles. The molecule has 2 heteroatoms. The first-order valence-electron chi connectivity index (χ1n) is 4.79. The first-order valence-corrected chi connectivity index (χ1v) is 4.79. The highest BCUT2D eigenvalue weighted by Crippen LogP contribution is 2.14. The maximum absolute atomic E-state index is 3.41. The van der Waals surface area contributed by atoms with E-state index in [1.165, 1.54) is 32.6 Å². The SMILES string of the molecule is CCNC[C@@H]1CCN(CC)C1. The van der Waals surface area contributed by atoms with Gasteiger partial charge in [0.2, 0.25) is 0 Å². The number of hydrogen-bond donors (Lipinski definition) is 1. The van der Waals surface area contributed by atoms with E-state index >= 15 is 0 Å². The highest BCUT2D eigenvalue weighted by molar-refractivity contribution is 4.75. The zero-order chi connectivity index (χ0) is 8.10. The smallest absolute Gasteiger partial charge is 0.00222 e. The molecule has 1 fully saturated rings. The summed E-state index contributed by atoms with van der Waals surface area (Å²) in [5.74, 6) is 0.912. The largest absolute Gasteiger partial charge is 0.317 e. The van der Waals surface area contributed by atoms with Crippen LogP contribution in [0.3, 0.4) is 0 Å². The molecule has 66 valence electrons.